The number of hydrogen-bond acceptors (Lipinski definition) is 0. The molecule has 2 heteroatoms. The van der Waals surface area contributed by atoms with E-state index in [-0.39, 0.29) is 5.56 Å². The molecular formula is C12H16F2. The molecule has 0 heterocycles. The van der Waals surface area contributed by atoms with E-state index in [0.29, 0.717) is 0 Å². The molecule has 0 fully saturated rings. The molecule has 0 aliphatic heterocycles. The van der Waals surface area contributed by atoms with Crippen LogP contribution in [-0.4, -0.2) is 0 Å². The van der Waals surface area contributed by atoms with Crippen molar-refractivity contribution in [3.63, 3.8) is 0 Å². The SMILES string of the molecule is Cc1ccc(C(F)(F)C(C)(C)C)cc1. The molecule has 0 spiro atoms. The Morgan fingerprint density at radius 2 is 1.36 bits per heavy atom. The molecule has 1 aromatic carbocycles. The maximum atomic E-state index is 13.8. The predicted molar refractivity (Wildman–Crippen MR) is 54.5 cm³/mol. The van der Waals surface area contributed by atoms with Gasteiger partial charge in [-0.1, -0.05) is 50.6 Å². The van der Waals surface area contributed by atoms with Gasteiger partial charge in [-0.3, -0.25) is 0 Å². The Morgan fingerprint density at radius 1 is 0.929 bits per heavy atom. The average Bonchev–Trinajstić information content (AvgIpc) is 2.03. The van der Waals surface area contributed by atoms with Gasteiger partial charge in [-0.05, 0) is 6.92 Å². The molecule has 0 saturated heterocycles. The second-order valence-corrected chi connectivity index (χ2v) is 4.69. The molecule has 0 aliphatic carbocycles. The molecule has 0 aromatic heterocycles. The van der Waals surface area contributed by atoms with E-state index in [2.05, 4.69) is 0 Å². The Hall–Kier alpha value is -0.920. The lowest BCUT2D eigenvalue weighted by Gasteiger charge is -2.30. The van der Waals surface area contributed by atoms with Crippen molar-refractivity contribution in [1.29, 1.82) is 0 Å². The standard InChI is InChI=1S/C12H16F2/c1-9-5-7-10(8-6-9)12(13,14)11(2,3)4/h5-8H,1-4H3. The van der Waals surface area contributed by atoms with Crippen LogP contribution in [0.15, 0.2) is 24.3 Å². The minimum Gasteiger partial charge on any atom is -0.201 e. The molecule has 0 atom stereocenters. The normalized spacial score (nSPS) is 13.0. The van der Waals surface area contributed by atoms with Crippen LogP contribution in [0.1, 0.15) is 31.9 Å². The summed E-state index contributed by atoms with van der Waals surface area (Å²) in [6.07, 6.45) is 0. The van der Waals surface area contributed by atoms with E-state index in [4.69, 9.17) is 0 Å². The van der Waals surface area contributed by atoms with Gasteiger partial charge < -0.3 is 0 Å². The first-order valence-electron chi connectivity index (χ1n) is 4.70. The second kappa shape index (κ2) is 3.34. The molecule has 0 bridgehead atoms. The first-order valence-corrected chi connectivity index (χ1v) is 4.70. The van der Waals surface area contributed by atoms with Crippen molar-refractivity contribution >= 4 is 0 Å². The van der Waals surface area contributed by atoms with E-state index in [0.717, 1.165) is 5.56 Å². The molecule has 1 rings (SSSR count). The van der Waals surface area contributed by atoms with E-state index < -0.39 is 11.3 Å². The maximum Gasteiger partial charge on any atom is 0.277 e. The van der Waals surface area contributed by atoms with E-state index in [9.17, 15) is 8.78 Å². The monoisotopic (exact) mass is 198 g/mol. The first-order chi connectivity index (χ1) is 6.25. The van der Waals surface area contributed by atoms with Crippen LogP contribution in [0.3, 0.4) is 0 Å². The smallest absolute Gasteiger partial charge is 0.201 e. The minimum atomic E-state index is -2.78. The molecule has 14 heavy (non-hydrogen) atoms. The molecule has 0 saturated carbocycles. The Labute approximate surface area is 84.0 Å². The van der Waals surface area contributed by atoms with E-state index in [1.54, 1.807) is 32.9 Å². The average molecular weight is 198 g/mol. The van der Waals surface area contributed by atoms with Gasteiger partial charge in [-0.15, -0.1) is 0 Å². The summed E-state index contributed by atoms with van der Waals surface area (Å²) >= 11 is 0. The van der Waals surface area contributed by atoms with Crippen molar-refractivity contribution in [3.8, 4) is 0 Å². The fraction of sp³-hybridized carbons (Fsp3) is 0.500. The molecule has 0 aliphatic rings. The summed E-state index contributed by atoms with van der Waals surface area (Å²) in [6, 6.07) is 6.44. The maximum absolute atomic E-state index is 13.8. The lowest BCUT2D eigenvalue weighted by atomic mass is 9.83. The zero-order valence-electron chi connectivity index (χ0n) is 9.07. The van der Waals surface area contributed by atoms with Crippen LogP contribution in [-0.2, 0) is 5.92 Å². The van der Waals surface area contributed by atoms with Crippen molar-refractivity contribution < 1.29 is 8.78 Å². The first kappa shape index (κ1) is 11.2. The van der Waals surface area contributed by atoms with Crippen LogP contribution in [0.4, 0.5) is 8.78 Å². The zero-order valence-corrected chi connectivity index (χ0v) is 9.07. The summed E-state index contributed by atoms with van der Waals surface area (Å²) < 4.78 is 27.6. The molecule has 0 nitrogen and oxygen atoms in total. The van der Waals surface area contributed by atoms with Gasteiger partial charge in [0.25, 0.3) is 5.92 Å². The summed E-state index contributed by atoms with van der Waals surface area (Å²) in [7, 11) is 0. The third kappa shape index (κ3) is 1.94. The number of rotatable bonds is 1. The Bertz CT molecular complexity index is 304. The number of benzene rings is 1. The molecule has 1 aromatic rings. The predicted octanol–water partition coefficient (Wildman–Crippen LogP) is 4.13. The Morgan fingerprint density at radius 3 is 1.71 bits per heavy atom. The lowest BCUT2D eigenvalue weighted by Crippen LogP contribution is -2.31. The van der Waals surface area contributed by atoms with Gasteiger partial charge >= 0.3 is 0 Å². The molecular weight excluding hydrogens is 182 g/mol. The van der Waals surface area contributed by atoms with Crippen LogP contribution in [0.5, 0.6) is 0 Å². The fourth-order valence-electron chi connectivity index (χ4n) is 1.20. The van der Waals surface area contributed by atoms with Crippen LogP contribution in [0.2, 0.25) is 0 Å². The zero-order chi connectivity index (χ0) is 11.0. The van der Waals surface area contributed by atoms with Crippen LogP contribution >= 0.6 is 0 Å². The van der Waals surface area contributed by atoms with Gasteiger partial charge in [-0.2, -0.15) is 0 Å². The highest BCUT2D eigenvalue weighted by Gasteiger charge is 2.44. The third-order valence-corrected chi connectivity index (χ3v) is 2.36. The molecule has 0 amide bonds. The summed E-state index contributed by atoms with van der Waals surface area (Å²) in [5.74, 6) is -2.78. The summed E-state index contributed by atoms with van der Waals surface area (Å²) in [5, 5.41) is 0. The minimum absolute atomic E-state index is 0.0931. The number of alkyl halides is 2. The number of halogens is 2. The van der Waals surface area contributed by atoms with Crippen molar-refractivity contribution in [2.24, 2.45) is 5.41 Å². The lowest BCUT2D eigenvalue weighted by molar-refractivity contribution is -0.104. The summed E-state index contributed by atoms with van der Waals surface area (Å²) in [4.78, 5) is 0. The van der Waals surface area contributed by atoms with Gasteiger partial charge in [0, 0.05) is 11.0 Å². The van der Waals surface area contributed by atoms with Crippen molar-refractivity contribution in [2.75, 3.05) is 0 Å². The molecule has 0 N–H and O–H groups in total. The van der Waals surface area contributed by atoms with E-state index in [1.165, 1.54) is 12.1 Å². The van der Waals surface area contributed by atoms with Crippen molar-refractivity contribution in [3.05, 3.63) is 35.4 Å². The van der Waals surface area contributed by atoms with Crippen LogP contribution in [0.25, 0.3) is 0 Å². The van der Waals surface area contributed by atoms with E-state index >= 15 is 0 Å². The van der Waals surface area contributed by atoms with Gasteiger partial charge in [0.15, 0.2) is 0 Å². The number of aryl methyl sites for hydroxylation is 1. The fourth-order valence-corrected chi connectivity index (χ4v) is 1.20. The largest absolute Gasteiger partial charge is 0.277 e. The summed E-state index contributed by atoms with van der Waals surface area (Å²) in [5.41, 5.74) is 0.0523. The van der Waals surface area contributed by atoms with Crippen molar-refractivity contribution in [1.82, 2.24) is 0 Å². The molecule has 0 radical (unpaired) electrons. The summed E-state index contributed by atoms with van der Waals surface area (Å²) in [6.45, 7) is 6.53. The van der Waals surface area contributed by atoms with Crippen molar-refractivity contribution in [2.45, 2.75) is 33.6 Å². The molecule has 78 valence electrons. The topological polar surface area (TPSA) is 0 Å². The second-order valence-electron chi connectivity index (χ2n) is 4.69. The van der Waals surface area contributed by atoms with E-state index in [1.807, 2.05) is 6.92 Å². The van der Waals surface area contributed by atoms with Crippen LogP contribution < -0.4 is 0 Å². The number of hydrogen-bond donors (Lipinski definition) is 0. The third-order valence-electron chi connectivity index (χ3n) is 2.36. The van der Waals surface area contributed by atoms with Gasteiger partial charge in [-0.25, -0.2) is 8.78 Å². The highest BCUT2D eigenvalue weighted by atomic mass is 19.3. The quantitative estimate of drug-likeness (QED) is 0.636. The molecule has 0 unspecified atom stereocenters. The van der Waals surface area contributed by atoms with Gasteiger partial charge in [0.2, 0.25) is 0 Å². The van der Waals surface area contributed by atoms with Crippen LogP contribution in [0, 0.1) is 12.3 Å². The highest BCUT2D eigenvalue weighted by Crippen LogP contribution is 2.44. The van der Waals surface area contributed by atoms with Gasteiger partial charge in [0.05, 0.1) is 0 Å². The highest BCUT2D eigenvalue weighted by molar-refractivity contribution is 5.26. The Balaban J connectivity index is 3.10. The Kier molecular flexibility index (Phi) is 2.66. The van der Waals surface area contributed by atoms with Gasteiger partial charge in [0.1, 0.15) is 0 Å².